The molecule has 23 heavy (non-hydrogen) atoms. The number of halogens is 2. The highest BCUT2D eigenvalue weighted by atomic mass is 31.2. The summed E-state index contributed by atoms with van der Waals surface area (Å²) in [5, 5.41) is 3.98. The van der Waals surface area contributed by atoms with Gasteiger partial charge in [-0.3, -0.25) is 0 Å². The van der Waals surface area contributed by atoms with Gasteiger partial charge in [0.25, 0.3) is 5.92 Å². The van der Waals surface area contributed by atoms with Gasteiger partial charge < -0.3 is 9.09 Å². The highest BCUT2D eigenvalue weighted by Crippen LogP contribution is 2.54. The van der Waals surface area contributed by atoms with E-state index in [1.54, 1.807) is 13.3 Å². The number of alkyl halides is 2. The first-order valence-electron chi connectivity index (χ1n) is 8.43. The lowest BCUT2D eigenvalue weighted by molar-refractivity contribution is -0.159. The molecule has 0 aromatic carbocycles. The van der Waals surface area contributed by atoms with Gasteiger partial charge in [0, 0.05) is 29.8 Å². The van der Waals surface area contributed by atoms with Gasteiger partial charge in [-0.15, -0.1) is 0 Å². The molecule has 130 valence electrons. The first kappa shape index (κ1) is 17.1. The van der Waals surface area contributed by atoms with E-state index in [0.717, 1.165) is 6.42 Å². The highest BCUT2D eigenvalue weighted by Gasteiger charge is 2.54. The molecule has 3 atom stereocenters. The second-order valence-electron chi connectivity index (χ2n) is 7.70. The highest BCUT2D eigenvalue weighted by molar-refractivity contribution is 7.63. The van der Waals surface area contributed by atoms with E-state index in [1.807, 2.05) is 6.92 Å². The quantitative estimate of drug-likeness (QED) is 0.751. The van der Waals surface area contributed by atoms with Crippen molar-refractivity contribution in [3.8, 4) is 0 Å². The molecular weight excluding hydrogens is 321 g/mol. The van der Waals surface area contributed by atoms with Gasteiger partial charge in [0.2, 0.25) is 5.89 Å². The Morgan fingerprint density at radius 1 is 1.30 bits per heavy atom. The Bertz CT molecular complexity index is 597. The number of hydrogen-bond acceptors (Lipinski definition) is 4. The van der Waals surface area contributed by atoms with Crippen LogP contribution in [0, 0.1) is 11.8 Å². The van der Waals surface area contributed by atoms with Crippen LogP contribution in [0.1, 0.15) is 56.7 Å². The van der Waals surface area contributed by atoms with Crippen LogP contribution in [0.3, 0.4) is 0 Å². The SMILES string of the molecule is CC(Cc1noc(C2CC3CCCC(C2)C3(F)F)n1)P(C)(C)=O. The molecule has 1 aromatic rings. The van der Waals surface area contributed by atoms with Crippen molar-refractivity contribution in [2.24, 2.45) is 11.8 Å². The Hall–Kier alpha value is -0.770. The maximum absolute atomic E-state index is 14.2. The van der Waals surface area contributed by atoms with E-state index in [2.05, 4.69) is 10.1 Å². The minimum absolute atomic E-state index is 0.0111. The van der Waals surface area contributed by atoms with E-state index < -0.39 is 24.9 Å². The standard InChI is InChI=1S/C16H25F2N2O2P/c1-10(23(2,3)21)7-14-19-15(22-20-14)11-8-12-5-4-6-13(9-11)16(12,17)18/h10-13H,4-9H2,1-3H3. The topological polar surface area (TPSA) is 56.0 Å². The number of nitrogens with zero attached hydrogens (tertiary/aromatic N) is 2. The lowest BCUT2D eigenvalue weighted by atomic mass is 9.65. The van der Waals surface area contributed by atoms with Crippen molar-refractivity contribution in [3.05, 3.63) is 11.7 Å². The number of fused-ring (bicyclic) bond motifs is 2. The first-order chi connectivity index (χ1) is 10.7. The minimum atomic E-state index is -2.54. The molecule has 1 heterocycles. The zero-order chi connectivity index (χ0) is 16.8. The second-order valence-corrected chi connectivity index (χ2v) is 11.5. The molecule has 2 bridgehead atoms. The Balaban J connectivity index is 1.71. The van der Waals surface area contributed by atoms with Crippen molar-refractivity contribution in [1.82, 2.24) is 10.1 Å². The van der Waals surface area contributed by atoms with Gasteiger partial charge in [0.15, 0.2) is 5.82 Å². The largest absolute Gasteiger partial charge is 0.339 e. The van der Waals surface area contributed by atoms with Gasteiger partial charge in [-0.2, -0.15) is 4.98 Å². The molecule has 0 saturated heterocycles. The monoisotopic (exact) mass is 346 g/mol. The molecule has 2 fully saturated rings. The van der Waals surface area contributed by atoms with Crippen LogP contribution in [0.25, 0.3) is 0 Å². The number of rotatable bonds is 4. The van der Waals surface area contributed by atoms with Crippen LogP contribution in [-0.4, -0.2) is 35.1 Å². The van der Waals surface area contributed by atoms with E-state index in [1.165, 1.54) is 0 Å². The van der Waals surface area contributed by atoms with Gasteiger partial charge in [-0.1, -0.05) is 18.5 Å². The zero-order valence-corrected chi connectivity index (χ0v) is 14.9. The zero-order valence-electron chi connectivity index (χ0n) is 14.0. The molecule has 7 heteroatoms. The Labute approximate surface area is 135 Å². The summed E-state index contributed by atoms with van der Waals surface area (Å²) >= 11 is 0. The summed E-state index contributed by atoms with van der Waals surface area (Å²) in [7, 11) is -2.20. The van der Waals surface area contributed by atoms with Crippen LogP contribution < -0.4 is 0 Å². The molecule has 0 spiro atoms. The molecule has 0 aliphatic heterocycles. The van der Waals surface area contributed by atoms with Gasteiger partial charge in [0.1, 0.15) is 0 Å². The Morgan fingerprint density at radius 2 is 1.91 bits per heavy atom. The van der Waals surface area contributed by atoms with Crippen LogP contribution in [0.4, 0.5) is 8.78 Å². The first-order valence-corrected chi connectivity index (χ1v) is 11.1. The third-order valence-electron chi connectivity index (χ3n) is 5.70. The molecular formula is C16H25F2N2O2P. The molecule has 2 saturated carbocycles. The molecule has 0 amide bonds. The number of hydrogen-bond donors (Lipinski definition) is 0. The smallest absolute Gasteiger partial charge is 0.253 e. The van der Waals surface area contributed by atoms with Crippen molar-refractivity contribution in [2.45, 2.75) is 62.9 Å². The second kappa shape index (κ2) is 5.94. The lowest BCUT2D eigenvalue weighted by Gasteiger charge is -2.44. The van der Waals surface area contributed by atoms with Gasteiger partial charge in [-0.05, 0) is 39.0 Å². The maximum Gasteiger partial charge on any atom is 0.253 e. The van der Waals surface area contributed by atoms with Crippen molar-refractivity contribution in [1.29, 1.82) is 0 Å². The molecule has 0 radical (unpaired) electrons. The van der Waals surface area contributed by atoms with Gasteiger partial charge in [-0.25, -0.2) is 8.78 Å². The van der Waals surface area contributed by atoms with Crippen LogP contribution in [0.15, 0.2) is 4.52 Å². The normalized spacial score (nSPS) is 31.8. The fourth-order valence-electron chi connectivity index (χ4n) is 3.86. The van der Waals surface area contributed by atoms with Crippen LogP contribution in [0.5, 0.6) is 0 Å². The average molecular weight is 346 g/mol. The van der Waals surface area contributed by atoms with Crippen molar-refractivity contribution >= 4 is 7.14 Å². The fraction of sp³-hybridized carbons (Fsp3) is 0.875. The van der Waals surface area contributed by atoms with Gasteiger partial charge in [0.05, 0.1) is 7.14 Å². The van der Waals surface area contributed by atoms with Gasteiger partial charge >= 0.3 is 0 Å². The fourth-order valence-corrected chi connectivity index (χ4v) is 4.47. The van der Waals surface area contributed by atoms with Crippen LogP contribution >= 0.6 is 7.14 Å². The molecule has 3 unspecified atom stereocenters. The van der Waals surface area contributed by atoms with E-state index in [9.17, 15) is 13.3 Å². The number of aromatic nitrogens is 2. The molecule has 2 aliphatic rings. The Morgan fingerprint density at radius 3 is 2.48 bits per heavy atom. The summed E-state index contributed by atoms with van der Waals surface area (Å²) in [6.07, 6.45) is 3.44. The molecule has 2 aliphatic carbocycles. The summed E-state index contributed by atoms with van der Waals surface area (Å²) < 4.78 is 45.8. The molecule has 0 N–H and O–H groups in total. The Kier molecular flexibility index (Phi) is 4.41. The molecule has 3 rings (SSSR count). The summed E-state index contributed by atoms with van der Waals surface area (Å²) in [6.45, 7) is 5.43. The van der Waals surface area contributed by atoms with E-state index >= 15 is 0 Å². The summed E-state index contributed by atoms with van der Waals surface area (Å²) in [4.78, 5) is 4.42. The maximum atomic E-state index is 14.2. The lowest BCUT2D eigenvalue weighted by Crippen LogP contribution is -2.45. The van der Waals surface area contributed by atoms with E-state index in [-0.39, 0.29) is 11.6 Å². The van der Waals surface area contributed by atoms with Crippen molar-refractivity contribution in [2.75, 3.05) is 13.3 Å². The predicted octanol–water partition coefficient (Wildman–Crippen LogP) is 4.55. The summed E-state index contributed by atoms with van der Waals surface area (Å²) in [5.41, 5.74) is -0.0111. The van der Waals surface area contributed by atoms with Crippen LogP contribution in [0.2, 0.25) is 0 Å². The van der Waals surface area contributed by atoms with Crippen LogP contribution in [-0.2, 0) is 11.0 Å². The third kappa shape index (κ3) is 3.38. The van der Waals surface area contributed by atoms with Crippen molar-refractivity contribution in [3.63, 3.8) is 0 Å². The predicted molar refractivity (Wildman–Crippen MR) is 84.7 cm³/mol. The molecule has 1 aromatic heterocycles. The summed E-state index contributed by atoms with van der Waals surface area (Å²) in [6, 6.07) is 0. The molecule has 4 nitrogen and oxygen atoms in total. The third-order valence-corrected chi connectivity index (χ3v) is 8.01. The minimum Gasteiger partial charge on any atom is -0.339 e. The summed E-state index contributed by atoms with van der Waals surface area (Å²) in [5.74, 6) is -2.68. The van der Waals surface area contributed by atoms with Crippen molar-refractivity contribution < 1.29 is 17.9 Å². The average Bonchev–Trinajstić information content (AvgIpc) is 2.84. The van der Waals surface area contributed by atoms with E-state index in [4.69, 9.17) is 4.52 Å². The van der Waals surface area contributed by atoms with E-state index in [0.29, 0.717) is 43.8 Å².